The number of carbonyl (C=O) groups excluding carboxylic acids is 1. The van der Waals surface area contributed by atoms with Crippen LogP contribution in [0.2, 0.25) is 0 Å². The lowest BCUT2D eigenvalue weighted by Crippen LogP contribution is -2.38. The van der Waals surface area contributed by atoms with Gasteiger partial charge < -0.3 is 10.2 Å². The molecule has 1 N–H and O–H groups in total. The summed E-state index contributed by atoms with van der Waals surface area (Å²) in [6, 6.07) is 9.44. The molecule has 0 aliphatic rings. The fourth-order valence-electron chi connectivity index (χ4n) is 2.17. The number of hydrogen-bond donors (Lipinski definition) is 1. The number of hydrogen-bond acceptors (Lipinski definition) is 3. The van der Waals surface area contributed by atoms with E-state index in [0.29, 0.717) is 23.9 Å². The van der Waals surface area contributed by atoms with E-state index in [2.05, 4.69) is 44.0 Å². The molecular formula is C17H25N3O. The van der Waals surface area contributed by atoms with E-state index in [9.17, 15) is 4.79 Å². The first kappa shape index (κ1) is 17.2. The molecule has 0 aromatic heterocycles. The summed E-state index contributed by atoms with van der Waals surface area (Å²) in [5.41, 5.74) is 1.33. The molecule has 0 aliphatic carbocycles. The van der Waals surface area contributed by atoms with Crippen LogP contribution in [0.4, 0.5) is 5.69 Å². The fourth-order valence-corrected chi connectivity index (χ4v) is 2.17. The van der Waals surface area contributed by atoms with E-state index in [1.54, 1.807) is 24.3 Å². The van der Waals surface area contributed by atoms with E-state index in [-0.39, 0.29) is 5.91 Å². The highest BCUT2D eigenvalue weighted by Gasteiger charge is 2.16. The van der Waals surface area contributed by atoms with E-state index in [4.69, 9.17) is 5.26 Å². The Kier molecular flexibility index (Phi) is 6.90. The van der Waals surface area contributed by atoms with Crippen molar-refractivity contribution in [2.75, 3.05) is 18.4 Å². The van der Waals surface area contributed by atoms with E-state index >= 15 is 0 Å². The fraction of sp³-hybridized carbons (Fsp3) is 0.529. The van der Waals surface area contributed by atoms with E-state index in [0.717, 1.165) is 18.8 Å². The minimum Gasteiger partial charge on any atom is -0.326 e. The van der Waals surface area contributed by atoms with Gasteiger partial charge in [0, 0.05) is 24.7 Å². The Morgan fingerprint density at radius 3 is 2.38 bits per heavy atom. The van der Waals surface area contributed by atoms with Crippen molar-refractivity contribution in [1.29, 1.82) is 5.26 Å². The lowest BCUT2D eigenvalue weighted by molar-refractivity contribution is -0.116. The molecule has 1 unspecified atom stereocenters. The number of amides is 1. The molecule has 21 heavy (non-hydrogen) atoms. The number of nitrogens with one attached hydrogen (secondary N) is 1. The topological polar surface area (TPSA) is 56.1 Å². The lowest BCUT2D eigenvalue weighted by atomic mass is 10.0. The zero-order chi connectivity index (χ0) is 15.8. The molecular weight excluding hydrogens is 262 g/mol. The van der Waals surface area contributed by atoms with Crippen molar-refractivity contribution in [3.05, 3.63) is 29.8 Å². The van der Waals surface area contributed by atoms with Crippen LogP contribution in [0.15, 0.2) is 24.3 Å². The zero-order valence-electron chi connectivity index (χ0n) is 13.4. The summed E-state index contributed by atoms with van der Waals surface area (Å²) < 4.78 is 0. The van der Waals surface area contributed by atoms with Crippen molar-refractivity contribution in [2.24, 2.45) is 5.92 Å². The smallest absolute Gasteiger partial charge is 0.225 e. The molecule has 0 heterocycles. The quantitative estimate of drug-likeness (QED) is 0.837. The maximum atomic E-state index is 12.0. The van der Waals surface area contributed by atoms with Crippen LogP contribution in [0.25, 0.3) is 0 Å². The Bertz CT molecular complexity index is 488. The standard InChI is InChI=1S/C17H25N3O/c1-5-20(14(4)13(2)3)11-10-17(21)19-16-8-6-15(12-18)7-9-16/h6-9,13-14H,5,10-11H2,1-4H3,(H,19,21). The van der Waals surface area contributed by atoms with Gasteiger partial charge in [-0.3, -0.25) is 4.79 Å². The van der Waals surface area contributed by atoms with Crippen molar-refractivity contribution in [2.45, 2.75) is 40.2 Å². The highest BCUT2D eigenvalue weighted by Crippen LogP contribution is 2.12. The maximum Gasteiger partial charge on any atom is 0.225 e. The van der Waals surface area contributed by atoms with Gasteiger partial charge in [0.25, 0.3) is 0 Å². The summed E-state index contributed by atoms with van der Waals surface area (Å²) in [6.45, 7) is 10.4. The SMILES string of the molecule is CCN(CCC(=O)Nc1ccc(C#N)cc1)C(C)C(C)C. The van der Waals surface area contributed by atoms with Crippen LogP contribution < -0.4 is 5.32 Å². The predicted octanol–water partition coefficient (Wildman–Crippen LogP) is 3.25. The second-order valence-electron chi connectivity index (χ2n) is 5.60. The van der Waals surface area contributed by atoms with Gasteiger partial charge in [0.15, 0.2) is 0 Å². The third kappa shape index (κ3) is 5.57. The second kappa shape index (κ2) is 8.43. The Morgan fingerprint density at radius 1 is 1.29 bits per heavy atom. The van der Waals surface area contributed by atoms with Gasteiger partial charge in [0.05, 0.1) is 11.6 Å². The van der Waals surface area contributed by atoms with E-state index < -0.39 is 0 Å². The van der Waals surface area contributed by atoms with Crippen LogP contribution >= 0.6 is 0 Å². The Hall–Kier alpha value is -1.86. The summed E-state index contributed by atoms with van der Waals surface area (Å²) in [7, 11) is 0. The molecule has 1 aromatic rings. The van der Waals surface area contributed by atoms with Crippen LogP contribution in [-0.4, -0.2) is 29.9 Å². The summed E-state index contributed by atoms with van der Waals surface area (Å²) in [5, 5.41) is 11.6. The number of anilines is 1. The average Bonchev–Trinajstić information content (AvgIpc) is 2.48. The molecule has 1 rings (SSSR count). The molecule has 0 radical (unpaired) electrons. The van der Waals surface area contributed by atoms with Crippen LogP contribution in [0.5, 0.6) is 0 Å². The molecule has 0 saturated heterocycles. The molecule has 114 valence electrons. The van der Waals surface area contributed by atoms with Crippen LogP contribution in [0.1, 0.15) is 39.7 Å². The zero-order valence-corrected chi connectivity index (χ0v) is 13.4. The maximum absolute atomic E-state index is 12.0. The van der Waals surface area contributed by atoms with Gasteiger partial charge in [0.1, 0.15) is 0 Å². The number of rotatable bonds is 7. The first-order valence-electron chi connectivity index (χ1n) is 7.52. The van der Waals surface area contributed by atoms with Gasteiger partial charge in [-0.05, 0) is 43.7 Å². The molecule has 0 saturated carbocycles. The minimum absolute atomic E-state index is 0.00844. The summed E-state index contributed by atoms with van der Waals surface area (Å²) in [4.78, 5) is 14.3. The van der Waals surface area contributed by atoms with Gasteiger partial charge in [-0.15, -0.1) is 0 Å². The molecule has 0 spiro atoms. The van der Waals surface area contributed by atoms with Gasteiger partial charge >= 0.3 is 0 Å². The molecule has 4 heteroatoms. The van der Waals surface area contributed by atoms with Crippen LogP contribution in [0.3, 0.4) is 0 Å². The first-order chi connectivity index (χ1) is 9.97. The molecule has 1 aromatic carbocycles. The van der Waals surface area contributed by atoms with Gasteiger partial charge in [-0.1, -0.05) is 20.8 Å². The van der Waals surface area contributed by atoms with Crippen molar-refractivity contribution in [3.8, 4) is 6.07 Å². The summed E-state index contributed by atoms with van der Waals surface area (Å²) in [5.74, 6) is 0.584. The van der Waals surface area contributed by atoms with Gasteiger partial charge in [-0.25, -0.2) is 0 Å². The van der Waals surface area contributed by atoms with E-state index in [1.165, 1.54) is 0 Å². The van der Waals surface area contributed by atoms with Gasteiger partial charge in [0.2, 0.25) is 5.91 Å². The van der Waals surface area contributed by atoms with Crippen molar-refractivity contribution in [3.63, 3.8) is 0 Å². The molecule has 4 nitrogen and oxygen atoms in total. The van der Waals surface area contributed by atoms with Crippen LogP contribution in [-0.2, 0) is 4.79 Å². The van der Waals surface area contributed by atoms with E-state index in [1.807, 2.05) is 0 Å². The lowest BCUT2D eigenvalue weighted by Gasteiger charge is -2.30. The average molecular weight is 287 g/mol. The number of carbonyl (C=O) groups is 1. The Balaban J connectivity index is 2.47. The molecule has 1 atom stereocenters. The predicted molar refractivity (Wildman–Crippen MR) is 86.0 cm³/mol. The largest absolute Gasteiger partial charge is 0.326 e. The number of nitrogens with zero attached hydrogens (tertiary/aromatic N) is 2. The third-order valence-corrected chi connectivity index (χ3v) is 3.87. The molecule has 0 fully saturated rings. The highest BCUT2D eigenvalue weighted by molar-refractivity contribution is 5.90. The monoisotopic (exact) mass is 287 g/mol. The summed E-state index contributed by atoms with van der Waals surface area (Å²) in [6.07, 6.45) is 0.477. The van der Waals surface area contributed by atoms with Gasteiger partial charge in [-0.2, -0.15) is 5.26 Å². The van der Waals surface area contributed by atoms with Crippen molar-refractivity contribution in [1.82, 2.24) is 4.90 Å². The van der Waals surface area contributed by atoms with Crippen LogP contribution in [0, 0.1) is 17.2 Å². The number of nitriles is 1. The third-order valence-electron chi connectivity index (χ3n) is 3.87. The molecule has 0 aliphatic heterocycles. The Labute approximate surface area is 127 Å². The Morgan fingerprint density at radius 2 is 1.90 bits per heavy atom. The second-order valence-corrected chi connectivity index (χ2v) is 5.60. The molecule has 0 bridgehead atoms. The normalized spacial score (nSPS) is 12.2. The minimum atomic E-state index is 0.00844. The first-order valence-corrected chi connectivity index (χ1v) is 7.52. The summed E-state index contributed by atoms with van der Waals surface area (Å²) >= 11 is 0. The number of benzene rings is 1. The van der Waals surface area contributed by atoms with Crippen molar-refractivity contribution >= 4 is 11.6 Å². The van der Waals surface area contributed by atoms with Crippen molar-refractivity contribution < 1.29 is 4.79 Å². The highest BCUT2D eigenvalue weighted by atomic mass is 16.1. The molecule has 1 amide bonds.